The summed E-state index contributed by atoms with van der Waals surface area (Å²) in [5.41, 5.74) is 5.61. The molecule has 0 radical (unpaired) electrons. The molecule has 1 aliphatic carbocycles. The van der Waals surface area contributed by atoms with Gasteiger partial charge in [0.05, 0.1) is 20.8 Å². The van der Waals surface area contributed by atoms with Crippen LogP contribution < -0.4 is 14.8 Å². The molecule has 0 saturated heterocycles. The second kappa shape index (κ2) is 13.3. The molecule has 0 fully saturated rings. The normalized spacial score (nSPS) is 12.7. The third kappa shape index (κ3) is 6.64. The molecular weight excluding hydrogens is 498 g/mol. The van der Waals surface area contributed by atoms with Gasteiger partial charge in [0.1, 0.15) is 10.6 Å². The average molecular weight is 534 g/mol. The summed E-state index contributed by atoms with van der Waals surface area (Å²) in [7, 11) is 2.95. The fraction of sp³-hybridized carbons (Fsp3) is 0.355. The standard InChI is InChI=1S/C31H35NO5S/c1-4-5-8-17-37-26-15-11-21(18-27(26)35-2)12-16-28(33)32-30-29(31(34)36-3)25(20-38-30)24-14-13-22-9-6-7-10-23(22)19-24/h11-16,18-20H,4-10,17H2,1-3H3,(H,32,33)/b16-12+. The summed E-state index contributed by atoms with van der Waals surface area (Å²) in [6, 6.07) is 11.9. The number of amides is 1. The third-order valence-electron chi connectivity index (χ3n) is 6.70. The zero-order valence-corrected chi connectivity index (χ0v) is 23.1. The minimum absolute atomic E-state index is 0.340. The maximum atomic E-state index is 12.8. The van der Waals surface area contributed by atoms with Crippen LogP contribution in [0.15, 0.2) is 47.9 Å². The lowest BCUT2D eigenvalue weighted by atomic mass is 9.89. The highest BCUT2D eigenvalue weighted by Crippen LogP contribution is 2.38. The zero-order valence-electron chi connectivity index (χ0n) is 22.3. The zero-order chi connectivity index (χ0) is 26.9. The molecular formula is C31H35NO5S. The van der Waals surface area contributed by atoms with E-state index in [1.165, 1.54) is 48.5 Å². The van der Waals surface area contributed by atoms with E-state index in [2.05, 4.69) is 30.4 Å². The Labute approximate surface area is 228 Å². The summed E-state index contributed by atoms with van der Waals surface area (Å²) in [6.45, 7) is 2.79. The first kappa shape index (κ1) is 27.5. The molecule has 0 saturated carbocycles. The van der Waals surface area contributed by atoms with Gasteiger partial charge in [0, 0.05) is 17.0 Å². The summed E-state index contributed by atoms with van der Waals surface area (Å²) in [4.78, 5) is 25.6. The van der Waals surface area contributed by atoms with Crippen LogP contribution in [0.4, 0.5) is 5.00 Å². The van der Waals surface area contributed by atoms with Crippen molar-refractivity contribution < 1.29 is 23.8 Å². The smallest absolute Gasteiger partial charge is 0.341 e. The fourth-order valence-corrected chi connectivity index (χ4v) is 5.60. The van der Waals surface area contributed by atoms with E-state index >= 15 is 0 Å². The van der Waals surface area contributed by atoms with Crippen molar-refractivity contribution in [2.75, 3.05) is 26.1 Å². The van der Waals surface area contributed by atoms with Crippen LogP contribution in [0.3, 0.4) is 0 Å². The maximum Gasteiger partial charge on any atom is 0.341 e. The Morgan fingerprint density at radius 1 is 1.00 bits per heavy atom. The monoisotopic (exact) mass is 533 g/mol. The molecule has 2 aromatic carbocycles. The minimum atomic E-state index is -0.475. The Morgan fingerprint density at radius 2 is 1.82 bits per heavy atom. The van der Waals surface area contributed by atoms with Gasteiger partial charge in [-0.15, -0.1) is 11.3 Å². The number of anilines is 1. The van der Waals surface area contributed by atoms with Crippen LogP contribution in [-0.2, 0) is 22.4 Å². The fourth-order valence-electron chi connectivity index (χ4n) is 4.63. The Balaban J connectivity index is 1.49. The number of ether oxygens (including phenoxy) is 3. The van der Waals surface area contributed by atoms with Crippen molar-refractivity contribution in [3.8, 4) is 22.6 Å². The van der Waals surface area contributed by atoms with Gasteiger partial charge in [-0.3, -0.25) is 4.79 Å². The molecule has 1 N–H and O–H groups in total. The van der Waals surface area contributed by atoms with Crippen molar-refractivity contribution in [2.24, 2.45) is 0 Å². The molecule has 0 bridgehead atoms. The van der Waals surface area contributed by atoms with E-state index in [0.29, 0.717) is 28.7 Å². The van der Waals surface area contributed by atoms with Gasteiger partial charge in [-0.1, -0.05) is 44.0 Å². The SMILES string of the molecule is CCCCCOc1ccc(/C=C/C(=O)Nc2scc(-c3ccc4c(c3)CCCC4)c2C(=O)OC)cc1OC. The van der Waals surface area contributed by atoms with Gasteiger partial charge in [-0.05, 0) is 72.6 Å². The molecule has 6 nitrogen and oxygen atoms in total. The molecule has 0 unspecified atom stereocenters. The number of thiophene rings is 1. The van der Waals surface area contributed by atoms with Crippen molar-refractivity contribution in [3.05, 3.63) is 70.1 Å². The molecule has 0 spiro atoms. The molecule has 1 aromatic heterocycles. The predicted molar refractivity (Wildman–Crippen MR) is 153 cm³/mol. The number of benzene rings is 2. The second-order valence-electron chi connectivity index (χ2n) is 9.32. The number of unbranched alkanes of at least 4 members (excludes halogenated alkanes) is 2. The van der Waals surface area contributed by atoms with Gasteiger partial charge >= 0.3 is 5.97 Å². The molecule has 38 heavy (non-hydrogen) atoms. The van der Waals surface area contributed by atoms with Crippen LogP contribution in [0.2, 0.25) is 0 Å². The van der Waals surface area contributed by atoms with Crippen LogP contribution >= 0.6 is 11.3 Å². The molecule has 4 rings (SSSR count). The summed E-state index contributed by atoms with van der Waals surface area (Å²) >= 11 is 1.32. The van der Waals surface area contributed by atoms with Gasteiger partial charge in [-0.25, -0.2) is 4.79 Å². The number of rotatable bonds is 11. The summed E-state index contributed by atoms with van der Waals surface area (Å²) in [5, 5.41) is 5.23. The lowest BCUT2D eigenvalue weighted by molar-refractivity contribution is -0.111. The van der Waals surface area contributed by atoms with Crippen LogP contribution in [0.1, 0.15) is 66.1 Å². The number of fused-ring (bicyclic) bond motifs is 1. The first-order valence-corrected chi connectivity index (χ1v) is 14.0. The number of nitrogens with one attached hydrogen (secondary N) is 1. The van der Waals surface area contributed by atoms with Gasteiger partial charge < -0.3 is 19.5 Å². The largest absolute Gasteiger partial charge is 0.493 e. The van der Waals surface area contributed by atoms with E-state index in [-0.39, 0.29) is 5.91 Å². The van der Waals surface area contributed by atoms with Crippen LogP contribution in [0.25, 0.3) is 17.2 Å². The molecule has 200 valence electrons. The topological polar surface area (TPSA) is 73.9 Å². The Hall–Kier alpha value is -3.58. The van der Waals surface area contributed by atoms with E-state index in [1.54, 1.807) is 13.2 Å². The van der Waals surface area contributed by atoms with E-state index in [1.807, 2.05) is 23.6 Å². The Bertz CT molecular complexity index is 1310. The summed E-state index contributed by atoms with van der Waals surface area (Å²) in [5.74, 6) is 0.483. The van der Waals surface area contributed by atoms with Crippen molar-refractivity contribution in [1.29, 1.82) is 0 Å². The Kier molecular flexibility index (Phi) is 9.60. The lowest BCUT2D eigenvalue weighted by Crippen LogP contribution is -2.11. The molecule has 1 heterocycles. The molecule has 7 heteroatoms. The summed E-state index contributed by atoms with van der Waals surface area (Å²) < 4.78 is 16.4. The van der Waals surface area contributed by atoms with Crippen molar-refractivity contribution >= 4 is 34.3 Å². The van der Waals surface area contributed by atoms with Gasteiger partial charge in [0.15, 0.2) is 11.5 Å². The van der Waals surface area contributed by atoms with Crippen LogP contribution in [0.5, 0.6) is 11.5 Å². The molecule has 1 amide bonds. The highest BCUT2D eigenvalue weighted by Gasteiger charge is 2.23. The Morgan fingerprint density at radius 3 is 2.58 bits per heavy atom. The first-order chi connectivity index (χ1) is 18.5. The molecule has 1 aliphatic rings. The minimum Gasteiger partial charge on any atom is -0.493 e. The van der Waals surface area contributed by atoms with Gasteiger partial charge in [0.25, 0.3) is 0 Å². The van der Waals surface area contributed by atoms with Gasteiger partial charge in [0.2, 0.25) is 5.91 Å². The van der Waals surface area contributed by atoms with E-state index in [9.17, 15) is 9.59 Å². The lowest BCUT2D eigenvalue weighted by Gasteiger charge is -2.16. The van der Waals surface area contributed by atoms with Crippen LogP contribution in [0, 0.1) is 0 Å². The number of hydrogen-bond donors (Lipinski definition) is 1. The van der Waals surface area contributed by atoms with E-state index < -0.39 is 5.97 Å². The van der Waals surface area contributed by atoms with Crippen molar-refractivity contribution in [1.82, 2.24) is 0 Å². The highest BCUT2D eigenvalue weighted by molar-refractivity contribution is 7.15. The van der Waals surface area contributed by atoms with E-state index in [0.717, 1.165) is 48.8 Å². The third-order valence-corrected chi connectivity index (χ3v) is 7.59. The maximum absolute atomic E-state index is 12.8. The summed E-state index contributed by atoms with van der Waals surface area (Å²) in [6.07, 6.45) is 10.9. The number of hydrogen-bond acceptors (Lipinski definition) is 6. The molecule has 0 atom stereocenters. The molecule has 3 aromatic rings. The number of aryl methyl sites for hydroxylation is 2. The predicted octanol–water partition coefficient (Wildman–Crippen LogP) is 7.31. The quantitative estimate of drug-likeness (QED) is 0.159. The number of carbonyl (C=O) groups excluding carboxylic acids is 2. The number of carbonyl (C=O) groups is 2. The molecule has 0 aliphatic heterocycles. The average Bonchev–Trinajstić information content (AvgIpc) is 3.37. The number of methoxy groups -OCH3 is 2. The van der Waals surface area contributed by atoms with Crippen LogP contribution in [-0.4, -0.2) is 32.7 Å². The first-order valence-electron chi connectivity index (χ1n) is 13.2. The van der Waals surface area contributed by atoms with Crippen molar-refractivity contribution in [2.45, 2.75) is 51.9 Å². The second-order valence-corrected chi connectivity index (χ2v) is 10.2. The van der Waals surface area contributed by atoms with Gasteiger partial charge in [-0.2, -0.15) is 0 Å². The van der Waals surface area contributed by atoms with Crippen molar-refractivity contribution in [3.63, 3.8) is 0 Å². The highest BCUT2D eigenvalue weighted by atomic mass is 32.1. The number of esters is 1. The van der Waals surface area contributed by atoms with E-state index in [4.69, 9.17) is 14.2 Å².